The van der Waals surface area contributed by atoms with Gasteiger partial charge in [-0.3, -0.25) is 9.59 Å². The molecular weight excluding hydrogens is 754 g/mol. The number of hydrogen-bond acceptors (Lipinski definition) is 8. The third-order valence-corrected chi connectivity index (χ3v) is 7.60. The number of methoxy groups -OCH3 is 2. The molecule has 1 aliphatic carbocycles. The van der Waals surface area contributed by atoms with Gasteiger partial charge in [0, 0.05) is 27.8 Å². The number of nitrogens with one attached hydrogen (secondary N) is 4. The normalized spacial score (nSPS) is 11.7. The summed E-state index contributed by atoms with van der Waals surface area (Å²) in [6.45, 7) is 0. The van der Waals surface area contributed by atoms with Crippen LogP contribution in [-0.2, 0) is 62.1 Å². The Kier molecular flexibility index (Phi) is 15.4. The van der Waals surface area contributed by atoms with E-state index in [2.05, 4.69) is 41.3 Å². The SMILES string of the molecule is COC([NH-])=O.COC([NH-])=O.O=[C-]Pc1ncc(-c2ccc3c(c2)C(F)(F)c2cc(C#Cc4ccc5nc(P[C-]=O)[nH]c5c4)ccc2-3)[nH]1.[V+2].[V+2]. The minimum Gasteiger partial charge on any atom is -0.632 e. The number of ether oxygens (including phenoxy) is 2. The van der Waals surface area contributed by atoms with Crippen molar-refractivity contribution in [1.82, 2.24) is 19.9 Å². The number of aromatic nitrogens is 4. The van der Waals surface area contributed by atoms with Crippen LogP contribution in [0.15, 0.2) is 60.8 Å². The Bertz CT molecular complexity index is 2030. The number of H-pyrrole nitrogens is 2. The number of nitrogens with zero attached hydrogens (tertiary/aromatic N) is 2. The fourth-order valence-corrected chi connectivity index (χ4v) is 5.28. The van der Waals surface area contributed by atoms with Crippen LogP contribution in [0, 0.1) is 11.8 Å². The maximum Gasteiger partial charge on any atom is 2.00 e. The van der Waals surface area contributed by atoms with Crippen LogP contribution >= 0.6 is 17.2 Å². The van der Waals surface area contributed by atoms with Crippen LogP contribution in [0.25, 0.3) is 44.9 Å². The number of carbonyl (C=O) groups excluding carboxylic acids is 4. The van der Waals surface area contributed by atoms with Crippen molar-refractivity contribution in [3.8, 4) is 34.2 Å². The van der Waals surface area contributed by atoms with Crippen molar-refractivity contribution < 1.29 is 74.5 Å². The Morgan fingerprint density at radius 3 is 1.94 bits per heavy atom. The largest absolute Gasteiger partial charge is 2.00 e. The number of halogens is 2. The number of imidazole rings is 2. The monoisotopic (exact) mass is 776 g/mol. The number of hydrogen-bond donors (Lipinski definition) is 2. The molecule has 0 spiro atoms. The maximum atomic E-state index is 15.6. The first-order valence-electron chi connectivity index (χ1n) is 13.1. The minimum absolute atomic E-state index is 0. The molecular formula is C31H22F2N6O6P2V2. The minimum atomic E-state index is -3.19. The summed E-state index contributed by atoms with van der Waals surface area (Å²) in [5.74, 6) is 2.81. The zero-order chi connectivity index (χ0) is 34.1. The summed E-state index contributed by atoms with van der Waals surface area (Å²) in [6.07, 6.45) is -0.465. The van der Waals surface area contributed by atoms with E-state index in [9.17, 15) is 19.2 Å². The number of alkyl halides is 2. The van der Waals surface area contributed by atoms with Gasteiger partial charge in [0.1, 0.15) is 0 Å². The summed E-state index contributed by atoms with van der Waals surface area (Å²) in [5, 5.41) is 0. The van der Waals surface area contributed by atoms with Crippen LogP contribution in [0.5, 0.6) is 0 Å². The van der Waals surface area contributed by atoms with Gasteiger partial charge in [0.2, 0.25) is 12.2 Å². The third kappa shape index (κ3) is 10.1. The molecule has 2 heterocycles. The molecule has 49 heavy (non-hydrogen) atoms. The zero-order valence-corrected chi connectivity index (χ0v) is 30.1. The first-order valence-corrected chi connectivity index (χ1v) is 15.1. The van der Waals surface area contributed by atoms with E-state index in [0.29, 0.717) is 50.2 Å². The molecule has 0 saturated carbocycles. The van der Waals surface area contributed by atoms with Gasteiger partial charge in [0.25, 0.3) is 5.92 Å². The Labute approximate surface area is 305 Å². The van der Waals surface area contributed by atoms with Gasteiger partial charge in [-0.2, -0.15) is 25.9 Å². The van der Waals surface area contributed by atoms with Crippen LogP contribution in [0.4, 0.5) is 18.4 Å². The molecule has 18 heteroatoms. The van der Waals surface area contributed by atoms with Crippen LogP contribution in [-0.4, -0.2) is 58.4 Å². The van der Waals surface area contributed by atoms with Crippen LogP contribution < -0.4 is 11.1 Å². The number of amides is 2. The van der Waals surface area contributed by atoms with E-state index in [1.54, 1.807) is 42.4 Å². The van der Waals surface area contributed by atoms with Crippen molar-refractivity contribution in [1.29, 1.82) is 0 Å². The molecule has 2 aromatic heterocycles. The van der Waals surface area contributed by atoms with Crippen LogP contribution in [0.1, 0.15) is 22.3 Å². The molecule has 2 radical (unpaired) electrons. The molecule has 4 N–H and O–H groups in total. The molecule has 2 amide bonds. The Morgan fingerprint density at radius 2 is 1.35 bits per heavy atom. The first-order chi connectivity index (χ1) is 22.5. The Hall–Kier alpha value is -4.33. The Balaban J connectivity index is 0.000000614. The number of benzene rings is 3. The van der Waals surface area contributed by atoms with Gasteiger partial charge in [-0.25, -0.2) is 22.0 Å². The van der Waals surface area contributed by atoms with Crippen molar-refractivity contribution in [2.45, 2.75) is 5.92 Å². The molecule has 6 rings (SSSR count). The van der Waals surface area contributed by atoms with Crippen molar-refractivity contribution in [3.05, 3.63) is 94.5 Å². The van der Waals surface area contributed by atoms with E-state index < -0.39 is 18.1 Å². The van der Waals surface area contributed by atoms with Gasteiger partial charge in [-0.15, -0.1) is 0 Å². The van der Waals surface area contributed by atoms with Gasteiger partial charge in [-0.05, 0) is 47.5 Å². The average Bonchev–Trinajstić information content (AvgIpc) is 3.75. The summed E-state index contributed by atoms with van der Waals surface area (Å²) >= 11 is 0. The van der Waals surface area contributed by atoms with E-state index in [-0.39, 0.29) is 65.4 Å². The van der Waals surface area contributed by atoms with Crippen LogP contribution in [0.3, 0.4) is 0 Å². The molecule has 5 aromatic rings. The zero-order valence-electron chi connectivity index (χ0n) is 25.3. The summed E-state index contributed by atoms with van der Waals surface area (Å²) in [6, 6.07) is 18.8. The summed E-state index contributed by atoms with van der Waals surface area (Å²) < 4.78 is 38.7. The topological polar surface area (TPSA) is 192 Å². The van der Waals surface area contributed by atoms with Crippen LogP contribution in [0.2, 0.25) is 0 Å². The molecule has 0 aliphatic heterocycles. The van der Waals surface area contributed by atoms with Gasteiger partial charge in [0.15, 0.2) is 0 Å². The molecule has 2 atom stereocenters. The van der Waals surface area contributed by atoms with Crippen molar-refractivity contribution in [3.63, 3.8) is 0 Å². The fourth-order valence-electron chi connectivity index (χ4n) is 4.39. The van der Waals surface area contributed by atoms with E-state index in [0.717, 1.165) is 19.7 Å². The molecule has 1 aliphatic rings. The average molecular weight is 776 g/mol. The predicted molar refractivity (Wildman–Crippen MR) is 175 cm³/mol. The quantitative estimate of drug-likeness (QED) is 0.127. The molecule has 12 nitrogen and oxygen atoms in total. The number of fused-ring (bicyclic) bond motifs is 4. The van der Waals surface area contributed by atoms with Gasteiger partial charge in [0.05, 0.1) is 48.3 Å². The van der Waals surface area contributed by atoms with E-state index in [1.807, 2.05) is 12.1 Å². The van der Waals surface area contributed by atoms with Crippen molar-refractivity contribution >= 4 is 63.6 Å². The molecule has 3 aromatic carbocycles. The van der Waals surface area contributed by atoms with E-state index in [4.69, 9.17) is 11.5 Å². The molecule has 0 saturated heterocycles. The van der Waals surface area contributed by atoms with Gasteiger partial charge < -0.3 is 40.5 Å². The number of aromatic amines is 2. The van der Waals surface area contributed by atoms with E-state index >= 15 is 8.78 Å². The maximum absolute atomic E-state index is 15.6. The second-order valence-corrected chi connectivity index (χ2v) is 11.1. The smallest absolute Gasteiger partial charge is 0.632 e. The number of carbonyl (C=O) groups is 2. The summed E-state index contributed by atoms with van der Waals surface area (Å²) in [4.78, 5) is 54.2. The Morgan fingerprint density at radius 1 is 0.816 bits per heavy atom. The second-order valence-electron chi connectivity index (χ2n) is 9.25. The van der Waals surface area contributed by atoms with Gasteiger partial charge in [-0.1, -0.05) is 30.0 Å². The molecule has 0 bridgehead atoms. The third-order valence-electron chi connectivity index (χ3n) is 6.44. The number of rotatable bonds is 5. The fraction of sp³-hybridized carbons (Fsp3) is 0.0968. The standard InChI is InChI=1S/C27H14F2N4O2P2.2C2H5NO2.2V/c28-27(29)20-9-15(1-2-16-4-8-22-23(10-16)32-26(31-22)37-14-35)3-6-18(20)19-7-5-17(11-21(19)27)24-12-30-25(33-24)36-13-34;2*1-5-2(3)4;;/h3-12,36-37H,(H,30,33)(H,31,32);2*1H3,(H2,3,4);;/q-2;;;2*+2/p-2. The van der Waals surface area contributed by atoms with Crippen molar-refractivity contribution in [2.24, 2.45) is 0 Å². The van der Waals surface area contributed by atoms with Gasteiger partial charge >= 0.3 is 37.1 Å². The predicted octanol–water partition coefficient (Wildman–Crippen LogP) is 5.82. The first kappa shape index (κ1) is 40.8. The summed E-state index contributed by atoms with van der Waals surface area (Å²) in [7, 11) is 1.90. The van der Waals surface area contributed by atoms with Crippen molar-refractivity contribution in [2.75, 3.05) is 14.2 Å². The summed E-state index contributed by atoms with van der Waals surface area (Å²) in [5.41, 5.74) is 17.4. The molecule has 246 valence electrons. The second kappa shape index (κ2) is 18.4. The van der Waals surface area contributed by atoms with E-state index in [1.165, 1.54) is 18.3 Å². The molecule has 0 fully saturated rings. The molecule has 2 unspecified atom stereocenters.